The van der Waals surface area contributed by atoms with Crippen LogP contribution in [0, 0.1) is 0 Å². The number of aromatic nitrogens is 3. The normalized spacial score (nSPS) is 15.1. The van der Waals surface area contributed by atoms with Crippen molar-refractivity contribution >= 4 is 11.6 Å². The van der Waals surface area contributed by atoms with E-state index in [-0.39, 0.29) is 0 Å². The Morgan fingerprint density at radius 3 is 2.50 bits per heavy atom. The minimum absolute atomic E-state index is 0.479. The lowest BCUT2D eigenvalue weighted by Crippen LogP contribution is -2.38. The highest BCUT2D eigenvalue weighted by atomic mass is 35.5. The van der Waals surface area contributed by atoms with Gasteiger partial charge < -0.3 is 9.47 Å². The van der Waals surface area contributed by atoms with Gasteiger partial charge >= 0.3 is 0 Å². The van der Waals surface area contributed by atoms with Crippen LogP contribution in [0.5, 0.6) is 5.88 Å². The number of benzene rings is 1. The Kier molecular flexibility index (Phi) is 5.15. The molecule has 0 spiro atoms. The van der Waals surface area contributed by atoms with Crippen LogP contribution in [-0.2, 0) is 4.74 Å². The first-order valence-electron chi connectivity index (χ1n) is 8.49. The smallest absolute Gasteiger partial charge is 0.242 e. The summed E-state index contributed by atoms with van der Waals surface area (Å²) in [6.45, 7) is 3.67. The SMILES string of the molecule is Clc1ccc(-c2[nH]nc(OCN3CCOCC3)c2-c2ccncc2)cc1. The second kappa shape index (κ2) is 7.86. The van der Waals surface area contributed by atoms with Gasteiger partial charge in [-0.1, -0.05) is 23.7 Å². The summed E-state index contributed by atoms with van der Waals surface area (Å²) in [5.74, 6) is 0.577. The molecular weight excluding hydrogens is 352 g/mol. The molecule has 1 aliphatic rings. The molecule has 26 heavy (non-hydrogen) atoms. The van der Waals surface area contributed by atoms with Crippen LogP contribution < -0.4 is 4.74 Å². The Morgan fingerprint density at radius 1 is 1.04 bits per heavy atom. The molecule has 1 aliphatic heterocycles. The van der Waals surface area contributed by atoms with Crippen LogP contribution in [0.4, 0.5) is 0 Å². The van der Waals surface area contributed by atoms with Crippen LogP contribution in [0.25, 0.3) is 22.4 Å². The van der Waals surface area contributed by atoms with Gasteiger partial charge in [-0.2, -0.15) is 0 Å². The number of pyridine rings is 1. The maximum Gasteiger partial charge on any atom is 0.242 e. The molecule has 1 fully saturated rings. The molecule has 0 atom stereocenters. The Bertz CT molecular complexity index is 846. The first-order valence-corrected chi connectivity index (χ1v) is 8.86. The van der Waals surface area contributed by atoms with Gasteiger partial charge in [-0.05, 0) is 29.8 Å². The fourth-order valence-corrected chi connectivity index (χ4v) is 3.05. The fraction of sp³-hybridized carbons (Fsp3) is 0.263. The molecule has 3 heterocycles. The summed E-state index contributed by atoms with van der Waals surface area (Å²) in [4.78, 5) is 6.31. The van der Waals surface area contributed by atoms with Gasteiger partial charge in [0.2, 0.25) is 5.88 Å². The third-order valence-corrected chi connectivity index (χ3v) is 4.57. The number of ether oxygens (including phenoxy) is 2. The summed E-state index contributed by atoms with van der Waals surface area (Å²) in [6, 6.07) is 11.6. The maximum absolute atomic E-state index is 6.04. The van der Waals surface area contributed by atoms with Crippen molar-refractivity contribution in [2.24, 2.45) is 0 Å². The van der Waals surface area contributed by atoms with E-state index in [1.54, 1.807) is 12.4 Å². The fourth-order valence-electron chi connectivity index (χ4n) is 2.92. The van der Waals surface area contributed by atoms with E-state index in [0.717, 1.165) is 48.7 Å². The molecule has 1 N–H and O–H groups in total. The number of nitrogens with one attached hydrogen (secondary N) is 1. The highest BCUT2D eigenvalue weighted by Crippen LogP contribution is 2.37. The van der Waals surface area contributed by atoms with Crippen molar-refractivity contribution in [2.45, 2.75) is 0 Å². The van der Waals surface area contributed by atoms with E-state index in [2.05, 4.69) is 20.1 Å². The van der Waals surface area contributed by atoms with Crippen molar-refractivity contribution in [3.63, 3.8) is 0 Å². The molecule has 0 unspecified atom stereocenters. The van der Waals surface area contributed by atoms with Gasteiger partial charge in [0.05, 0.1) is 24.5 Å². The number of hydrogen-bond donors (Lipinski definition) is 1. The van der Waals surface area contributed by atoms with E-state index < -0.39 is 0 Å². The van der Waals surface area contributed by atoms with Crippen LogP contribution in [0.2, 0.25) is 5.02 Å². The molecule has 1 saturated heterocycles. The monoisotopic (exact) mass is 370 g/mol. The van der Waals surface area contributed by atoms with Crippen molar-refractivity contribution in [1.82, 2.24) is 20.1 Å². The first-order chi connectivity index (χ1) is 12.8. The molecule has 7 heteroatoms. The third kappa shape index (κ3) is 3.72. The van der Waals surface area contributed by atoms with Gasteiger partial charge in [0.1, 0.15) is 6.73 Å². The van der Waals surface area contributed by atoms with Crippen molar-refractivity contribution in [2.75, 3.05) is 33.0 Å². The number of aromatic amines is 1. The Labute approximate surface area is 156 Å². The van der Waals surface area contributed by atoms with E-state index in [9.17, 15) is 0 Å². The highest BCUT2D eigenvalue weighted by molar-refractivity contribution is 6.30. The van der Waals surface area contributed by atoms with E-state index in [1.807, 2.05) is 36.4 Å². The molecule has 0 bridgehead atoms. The molecule has 3 aromatic rings. The summed E-state index contributed by atoms with van der Waals surface area (Å²) >= 11 is 6.02. The molecule has 4 rings (SSSR count). The zero-order valence-electron chi connectivity index (χ0n) is 14.2. The summed E-state index contributed by atoms with van der Waals surface area (Å²) in [6.07, 6.45) is 3.53. The number of H-pyrrole nitrogens is 1. The minimum atomic E-state index is 0.479. The predicted molar refractivity (Wildman–Crippen MR) is 100 cm³/mol. The maximum atomic E-state index is 6.04. The molecule has 0 radical (unpaired) electrons. The Balaban J connectivity index is 1.66. The Morgan fingerprint density at radius 2 is 1.77 bits per heavy atom. The zero-order valence-corrected chi connectivity index (χ0v) is 14.9. The molecular formula is C19H19ClN4O2. The number of halogens is 1. The van der Waals surface area contributed by atoms with Crippen LogP contribution >= 0.6 is 11.6 Å². The quantitative estimate of drug-likeness (QED) is 0.745. The molecule has 2 aromatic heterocycles. The molecule has 1 aromatic carbocycles. The predicted octanol–water partition coefficient (Wildman–Crippen LogP) is 3.46. The average molecular weight is 371 g/mol. The largest absolute Gasteiger partial charge is 0.460 e. The highest BCUT2D eigenvalue weighted by Gasteiger charge is 2.19. The second-order valence-electron chi connectivity index (χ2n) is 6.03. The van der Waals surface area contributed by atoms with Crippen LogP contribution in [0.1, 0.15) is 0 Å². The zero-order chi connectivity index (χ0) is 17.8. The minimum Gasteiger partial charge on any atom is -0.460 e. The first kappa shape index (κ1) is 17.0. The van der Waals surface area contributed by atoms with Gasteiger partial charge in [0, 0.05) is 36.1 Å². The van der Waals surface area contributed by atoms with Crippen LogP contribution in [0.3, 0.4) is 0 Å². The number of morpholine rings is 1. The van der Waals surface area contributed by atoms with E-state index in [4.69, 9.17) is 21.1 Å². The lowest BCUT2D eigenvalue weighted by atomic mass is 10.0. The average Bonchev–Trinajstić information content (AvgIpc) is 3.12. The van der Waals surface area contributed by atoms with Gasteiger partial charge in [-0.25, -0.2) is 0 Å². The summed E-state index contributed by atoms with van der Waals surface area (Å²) in [7, 11) is 0. The van der Waals surface area contributed by atoms with Crippen LogP contribution in [-0.4, -0.2) is 53.1 Å². The molecule has 0 saturated carbocycles. The van der Waals surface area contributed by atoms with Crippen LogP contribution in [0.15, 0.2) is 48.8 Å². The van der Waals surface area contributed by atoms with Gasteiger partial charge in [-0.15, -0.1) is 5.10 Å². The van der Waals surface area contributed by atoms with Crippen molar-refractivity contribution in [1.29, 1.82) is 0 Å². The van der Waals surface area contributed by atoms with E-state index >= 15 is 0 Å². The third-order valence-electron chi connectivity index (χ3n) is 4.32. The Hall–Kier alpha value is -2.41. The summed E-state index contributed by atoms with van der Waals surface area (Å²) in [5.41, 5.74) is 3.80. The standard InChI is InChI=1S/C19H19ClN4O2/c20-16-3-1-15(2-4-16)18-17(14-5-7-21-8-6-14)19(23-22-18)26-13-24-9-11-25-12-10-24/h1-8H,9-13H2,(H,22,23). The van der Waals surface area contributed by atoms with Crippen molar-refractivity contribution in [3.8, 4) is 28.3 Å². The van der Waals surface area contributed by atoms with Crippen molar-refractivity contribution < 1.29 is 9.47 Å². The van der Waals surface area contributed by atoms with Gasteiger partial charge in [0.15, 0.2) is 0 Å². The lowest BCUT2D eigenvalue weighted by molar-refractivity contribution is 0.00315. The molecule has 6 nitrogen and oxygen atoms in total. The van der Waals surface area contributed by atoms with Gasteiger partial charge in [0.25, 0.3) is 0 Å². The van der Waals surface area contributed by atoms with E-state index in [0.29, 0.717) is 17.6 Å². The number of nitrogens with zero attached hydrogens (tertiary/aromatic N) is 3. The van der Waals surface area contributed by atoms with Crippen molar-refractivity contribution in [3.05, 3.63) is 53.8 Å². The molecule has 0 amide bonds. The second-order valence-corrected chi connectivity index (χ2v) is 6.46. The summed E-state index contributed by atoms with van der Waals surface area (Å²) < 4.78 is 11.4. The number of hydrogen-bond acceptors (Lipinski definition) is 5. The molecule has 134 valence electrons. The molecule has 0 aliphatic carbocycles. The lowest BCUT2D eigenvalue weighted by Gasteiger charge is -2.26. The van der Waals surface area contributed by atoms with E-state index in [1.165, 1.54) is 0 Å². The number of rotatable bonds is 5. The topological polar surface area (TPSA) is 63.3 Å². The summed E-state index contributed by atoms with van der Waals surface area (Å²) in [5, 5.41) is 8.23. The van der Waals surface area contributed by atoms with Gasteiger partial charge in [-0.3, -0.25) is 15.0 Å².